The molecule has 0 amide bonds. The second-order valence-electron chi connectivity index (χ2n) is 4.44. The Kier molecular flexibility index (Phi) is 3.46. The molecule has 1 aliphatic carbocycles. The molecule has 1 aromatic rings. The molecule has 1 aromatic heterocycles. The van der Waals surface area contributed by atoms with E-state index in [4.69, 9.17) is 10.8 Å². The Balaban J connectivity index is 1.90. The van der Waals surface area contributed by atoms with E-state index in [0.717, 1.165) is 18.9 Å². The Morgan fingerprint density at radius 2 is 2.35 bits per heavy atom. The van der Waals surface area contributed by atoms with E-state index in [1.165, 1.54) is 31.5 Å². The third kappa shape index (κ3) is 3.09. The van der Waals surface area contributed by atoms with Crippen molar-refractivity contribution >= 4 is 17.5 Å². The highest BCUT2D eigenvalue weighted by molar-refractivity contribution is 5.96. The van der Waals surface area contributed by atoms with Crippen LogP contribution in [0.3, 0.4) is 0 Å². The van der Waals surface area contributed by atoms with Crippen molar-refractivity contribution in [3.63, 3.8) is 0 Å². The first kappa shape index (κ1) is 11.7. The lowest BCUT2D eigenvalue weighted by molar-refractivity contribution is 0.0698. The molecule has 0 unspecified atom stereocenters. The Hall–Kier alpha value is -1.78. The number of nitrogens with one attached hydrogen (secondary N) is 1. The minimum atomic E-state index is -1.02. The Labute approximate surface area is 100 Å². The van der Waals surface area contributed by atoms with Crippen LogP contribution in [0.15, 0.2) is 12.3 Å². The molecule has 0 aliphatic heterocycles. The fraction of sp³-hybridized carbons (Fsp3) is 0.500. The third-order valence-electron chi connectivity index (χ3n) is 3.00. The van der Waals surface area contributed by atoms with E-state index in [-0.39, 0.29) is 11.3 Å². The number of rotatable bonds is 6. The van der Waals surface area contributed by atoms with Crippen molar-refractivity contribution in [2.75, 3.05) is 17.6 Å². The number of carbonyl (C=O) groups is 1. The van der Waals surface area contributed by atoms with Gasteiger partial charge in [0.15, 0.2) is 0 Å². The number of carboxylic acid groups (broad SMARTS) is 1. The molecule has 0 bridgehead atoms. The first-order chi connectivity index (χ1) is 8.18. The summed E-state index contributed by atoms with van der Waals surface area (Å²) in [6, 6.07) is 1.41. The molecule has 17 heavy (non-hydrogen) atoms. The molecule has 5 nitrogen and oxygen atoms in total. The summed E-state index contributed by atoms with van der Waals surface area (Å²) in [5, 5.41) is 12.0. The molecule has 1 aliphatic rings. The molecule has 0 atom stereocenters. The van der Waals surface area contributed by atoms with Crippen LogP contribution in [0.25, 0.3) is 0 Å². The van der Waals surface area contributed by atoms with Crippen molar-refractivity contribution in [3.05, 3.63) is 17.8 Å². The number of aromatic carboxylic acids is 1. The summed E-state index contributed by atoms with van der Waals surface area (Å²) in [5.74, 6) is 0.360. The SMILES string of the molecule is Nc1c(C(=O)O)ccnc1NCCCC1CC1. The summed E-state index contributed by atoms with van der Waals surface area (Å²) >= 11 is 0. The fourth-order valence-corrected chi connectivity index (χ4v) is 1.80. The van der Waals surface area contributed by atoms with Gasteiger partial charge in [-0.25, -0.2) is 9.78 Å². The number of hydrogen-bond donors (Lipinski definition) is 3. The summed E-state index contributed by atoms with van der Waals surface area (Å²) in [6.45, 7) is 0.788. The number of nitrogens with zero attached hydrogens (tertiary/aromatic N) is 1. The van der Waals surface area contributed by atoms with E-state index in [1.807, 2.05) is 0 Å². The second-order valence-corrected chi connectivity index (χ2v) is 4.44. The fourth-order valence-electron chi connectivity index (χ4n) is 1.80. The van der Waals surface area contributed by atoms with Crippen molar-refractivity contribution < 1.29 is 9.90 Å². The Morgan fingerprint density at radius 3 is 3.00 bits per heavy atom. The largest absolute Gasteiger partial charge is 0.478 e. The lowest BCUT2D eigenvalue weighted by Crippen LogP contribution is -2.10. The Morgan fingerprint density at radius 1 is 1.59 bits per heavy atom. The highest BCUT2D eigenvalue weighted by atomic mass is 16.4. The summed E-state index contributed by atoms with van der Waals surface area (Å²) in [7, 11) is 0. The molecule has 5 heteroatoms. The first-order valence-corrected chi connectivity index (χ1v) is 5.90. The van der Waals surface area contributed by atoms with Gasteiger partial charge in [0, 0.05) is 12.7 Å². The van der Waals surface area contributed by atoms with E-state index in [2.05, 4.69) is 10.3 Å². The van der Waals surface area contributed by atoms with Crippen molar-refractivity contribution in [2.45, 2.75) is 25.7 Å². The molecule has 1 heterocycles. The summed E-state index contributed by atoms with van der Waals surface area (Å²) in [5.41, 5.74) is 6.05. The van der Waals surface area contributed by atoms with Gasteiger partial charge in [-0.15, -0.1) is 0 Å². The average molecular weight is 235 g/mol. The molecule has 0 aromatic carbocycles. The maximum absolute atomic E-state index is 10.9. The van der Waals surface area contributed by atoms with E-state index >= 15 is 0 Å². The molecular formula is C12H17N3O2. The van der Waals surface area contributed by atoms with Gasteiger partial charge < -0.3 is 16.2 Å². The minimum Gasteiger partial charge on any atom is -0.478 e. The molecule has 0 spiro atoms. The monoisotopic (exact) mass is 235 g/mol. The van der Waals surface area contributed by atoms with Crippen molar-refractivity contribution in [1.82, 2.24) is 4.98 Å². The van der Waals surface area contributed by atoms with Crippen LogP contribution >= 0.6 is 0 Å². The van der Waals surface area contributed by atoms with Gasteiger partial charge >= 0.3 is 5.97 Å². The predicted octanol–water partition coefficient (Wildman–Crippen LogP) is 1.96. The van der Waals surface area contributed by atoms with Gasteiger partial charge in [0.1, 0.15) is 5.82 Å². The number of nitrogens with two attached hydrogens (primary N) is 1. The van der Waals surface area contributed by atoms with Gasteiger partial charge in [0.2, 0.25) is 0 Å². The molecular weight excluding hydrogens is 218 g/mol. The van der Waals surface area contributed by atoms with Crippen LogP contribution in [0.5, 0.6) is 0 Å². The molecule has 1 fully saturated rings. The highest BCUT2D eigenvalue weighted by Gasteiger charge is 2.20. The van der Waals surface area contributed by atoms with Gasteiger partial charge in [-0.05, 0) is 24.8 Å². The predicted molar refractivity (Wildman–Crippen MR) is 66.1 cm³/mol. The first-order valence-electron chi connectivity index (χ1n) is 5.90. The molecule has 0 saturated heterocycles. The number of anilines is 2. The minimum absolute atomic E-state index is 0.102. The smallest absolute Gasteiger partial charge is 0.337 e. The van der Waals surface area contributed by atoms with Gasteiger partial charge in [0.05, 0.1) is 11.3 Å². The van der Waals surface area contributed by atoms with Crippen LogP contribution < -0.4 is 11.1 Å². The zero-order chi connectivity index (χ0) is 12.3. The number of aromatic nitrogens is 1. The van der Waals surface area contributed by atoms with E-state index in [1.54, 1.807) is 0 Å². The number of pyridine rings is 1. The van der Waals surface area contributed by atoms with Gasteiger partial charge in [-0.2, -0.15) is 0 Å². The summed E-state index contributed by atoms with van der Waals surface area (Å²) < 4.78 is 0. The van der Waals surface area contributed by atoms with Crippen LogP contribution in [-0.2, 0) is 0 Å². The highest BCUT2D eigenvalue weighted by Crippen LogP contribution is 2.33. The van der Waals surface area contributed by atoms with Crippen LogP contribution in [0.4, 0.5) is 11.5 Å². The molecule has 92 valence electrons. The standard InChI is InChI=1S/C12H17N3O2/c13-10-9(12(16)17)5-7-15-11(10)14-6-1-2-8-3-4-8/h5,7-8H,1-4,6,13H2,(H,14,15)(H,16,17). The molecule has 0 radical (unpaired) electrons. The zero-order valence-electron chi connectivity index (χ0n) is 9.65. The lowest BCUT2D eigenvalue weighted by atomic mass is 10.2. The molecule has 2 rings (SSSR count). The second kappa shape index (κ2) is 5.03. The van der Waals surface area contributed by atoms with Gasteiger partial charge in [-0.1, -0.05) is 12.8 Å². The number of hydrogen-bond acceptors (Lipinski definition) is 4. The number of carboxylic acids is 1. The summed E-state index contributed by atoms with van der Waals surface area (Å²) in [6.07, 6.45) is 6.47. The topological polar surface area (TPSA) is 88.2 Å². The average Bonchev–Trinajstić information content (AvgIpc) is 3.10. The zero-order valence-corrected chi connectivity index (χ0v) is 9.65. The quantitative estimate of drug-likeness (QED) is 0.656. The maximum Gasteiger partial charge on any atom is 0.337 e. The van der Waals surface area contributed by atoms with Crippen LogP contribution in [0.2, 0.25) is 0 Å². The molecule has 1 saturated carbocycles. The maximum atomic E-state index is 10.9. The van der Waals surface area contributed by atoms with Gasteiger partial charge in [-0.3, -0.25) is 0 Å². The van der Waals surface area contributed by atoms with Crippen molar-refractivity contribution in [3.8, 4) is 0 Å². The van der Waals surface area contributed by atoms with E-state index in [9.17, 15) is 4.79 Å². The Bertz CT molecular complexity index is 416. The van der Waals surface area contributed by atoms with Gasteiger partial charge in [0.25, 0.3) is 0 Å². The number of nitrogen functional groups attached to an aromatic ring is 1. The van der Waals surface area contributed by atoms with Crippen molar-refractivity contribution in [2.24, 2.45) is 5.92 Å². The van der Waals surface area contributed by atoms with Crippen LogP contribution in [0, 0.1) is 5.92 Å². The van der Waals surface area contributed by atoms with Crippen molar-refractivity contribution in [1.29, 1.82) is 0 Å². The van der Waals surface area contributed by atoms with Crippen LogP contribution in [-0.4, -0.2) is 22.6 Å². The lowest BCUT2D eigenvalue weighted by Gasteiger charge is -2.09. The van der Waals surface area contributed by atoms with E-state index < -0.39 is 5.97 Å². The third-order valence-corrected chi connectivity index (χ3v) is 3.00. The normalized spacial score (nSPS) is 14.6. The summed E-state index contributed by atoms with van der Waals surface area (Å²) in [4.78, 5) is 14.9. The van der Waals surface area contributed by atoms with Crippen LogP contribution in [0.1, 0.15) is 36.0 Å². The molecule has 4 N–H and O–H groups in total. The van der Waals surface area contributed by atoms with E-state index in [0.29, 0.717) is 5.82 Å².